The highest BCUT2D eigenvalue weighted by atomic mass is 35.5. The van der Waals surface area contributed by atoms with Crippen LogP contribution in [0.1, 0.15) is 18.4 Å². The van der Waals surface area contributed by atoms with Crippen molar-refractivity contribution in [2.45, 2.75) is 12.8 Å². The van der Waals surface area contributed by atoms with Crippen LogP contribution in [0.4, 0.5) is 0 Å². The van der Waals surface area contributed by atoms with Gasteiger partial charge in [-0.3, -0.25) is 9.59 Å². The summed E-state index contributed by atoms with van der Waals surface area (Å²) >= 11 is 7.50. The summed E-state index contributed by atoms with van der Waals surface area (Å²) in [4.78, 5) is 24.6. The van der Waals surface area contributed by atoms with E-state index in [2.05, 4.69) is 5.32 Å². The van der Waals surface area contributed by atoms with E-state index in [0.29, 0.717) is 15.6 Å². The summed E-state index contributed by atoms with van der Waals surface area (Å²) in [5.74, 6) is -2.40. The van der Waals surface area contributed by atoms with Gasteiger partial charge in [-0.25, -0.2) is 0 Å². The zero-order valence-corrected chi connectivity index (χ0v) is 14.2. The van der Waals surface area contributed by atoms with E-state index in [1.165, 1.54) is 18.9 Å². The number of carbonyl (C=O) groups excluding carboxylic acids is 2. The Kier molecular flexibility index (Phi) is 5.69. The first-order valence-corrected chi connectivity index (χ1v) is 8.21. The Morgan fingerprint density at radius 2 is 2.17 bits per heavy atom. The van der Waals surface area contributed by atoms with Gasteiger partial charge in [-0.05, 0) is 24.1 Å². The lowest BCUT2D eigenvalue weighted by atomic mass is 9.79. The third-order valence-electron chi connectivity index (χ3n) is 3.65. The van der Waals surface area contributed by atoms with E-state index in [0.717, 1.165) is 5.57 Å². The highest BCUT2D eigenvalue weighted by Gasteiger charge is 2.43. The number of hydrogen-bond acceptors (Lipinski definition) is 5. The fraction of sp³-hybridized carbons (Fsp3) is 0.312. The summed E-state index contributed by atoms with van der Waals surface area (Å²) in [5.41, 5.74) is 1.47. The molecule has 1 amide bonds. The molecule has 5 nitrogen and oxygen atoms in total. The molecule has 0 aliphatic carbocycles. The van der Waals surface area contributed by atoms with Crippen molar-refractivity contribution in [3.8, 4) is 6.07 Å². The van der Waals surface area contributed by atoms with Crippen LogP contribution in [0.25, 0.3) is 0 Å². The van der Waals surface area contributed by atoms with Crippen molar-refractivity contribution in [2.75, 3.05) is 12.9 Å². The van der Waals surface area contributed by atoms with Gasteiger partial charge in [-0.15, -0.1) is 0 Å². The zero-order chi connectivity index (χ0) is 17.0. The first kappa shape index (κ1) is 17.4. The second kappa shape index (κ2) is 7.53. The van der Waals surface area contributed by atoms with Crippen LogP contribution in [0, 0.1) is 17.2 Å². The van der Waals surface area contributed by atoms with Gasteiger partial charge < -0.3 is 10.1 Å². The number of esters is 1. The van der Waals surface area contributed by atoms with Gasteiger partial charge >= 0.3 is 5.97 Å². The van der Waals surface area contributed by atoms with Gasteiger partial charge in [0.25, 0.3) is 0 Å². The van der Waals surface area contributed by atoms with Crippen LogP contribution < -0.4 is 5.32 Å². The first-order valence-electron chi connectivity index (χ1n) is 6.84. The molecule has 2 rings (SSSR count). The summed E-state index contributed by atoms with van der Waals surface area (Å²) in [5, 5.41) is 12.5. The smallest absolute Gasteiger partial charge is 0.319 e. The lowest BCUT2D eigenvalue weighted by molar-refractivity contribution is -0.150. The third kappa shape index (κ3) is 3.52. The molecule has 23 heavy (non-hydrogen) atoms. The highest BCUT2D eigenvalue weighted by Crippen LogP contribution is 2.42. The monoisotopic (exact) mass is 350 g/mol. The number of benzene rings is 1. The molecule has 0 unspecified atom stereocenters. The van der Waals surface area contributed by atoms with E-state index in [1.807, 2.05) is 13.0 Å². The molecule has 2 atom stereocenters. The number of thioether (sulfide) groups is 1. The number of nitrogens with one attached hydrogen (secondary N) is 1. The van der Waals surface area contributed by atoms with Gasteiger partial charge in [0.2, 0.25) is 5.91 Å². The zero-order valence-electron chi connectivity index (χ0n) is 12.6. The number of rotatable bonds is 4. The molecule has 1 heterocycles. The molecule has 0 aromatic heterocycles. The number of carbonyl (C=O) groups is 2. The molecule has 1 aliphatic heterocycles. The SMILES string of the molecule is COC(=O)[C@@H]1C(=O)NC(SCC#N)=C(C)[C@H]1c1ccccc1Cl. The van der Waals surface area contributed by atoms with Crippen LogP contribution in [0.5, 0.6) is 0 Å². The van der Waals surface area contributed by atoms with E-state index >= 15 is 0 Å². The van der Waals surface area contributed by atoms with Crippen molar-refractivity contribution >= 4 is 35.2 Å². The standard InChI is InChI=1S/C16H15ClN2O3S/c1-9-12(10-5-3-4-6-11(10)17)13(16(21)22-2)14(20)19-15(9)23-8-7-18/h3-6,12-13H,8H2,1-2H3,(H,19,20)/t12-,13-/m0/s1. The number of allylic oxidation sites excluding steroid dienone is 1. The molecule has 0 radical (unpaired) electrons. The van der Waals surface area contributed by atoms with Crippen molar-refractivity contribution in [1.82, 2.24) is 5.32 Å². The maximum absolute atomic E-state index is 12.4. The second-order valence-corrected chi connectivity index (χ2v) is 6.34. The molecule has 1 aliphatic rings. The molecule has 1 aromatic rings. The van der Waals surface area contributed by atoms with Crippen LogP contribution in [-0.2, 0) is 14.3 Å². The van der Waals surface area contributed by atoms with E-state index in [4.69, 9.17) is 21.6 Å². The molecule has 120 valence electrons. The van der Waals surface area contributed by atoms with Crippen molar-refractivity contribution < 1.29 is 14.3 Å². The molecule has 0 fully saturated rings. The molecule has 0 spiro atoms. The van der Waals surface area contributed by atoms with E-state index < -0.39 is 23.7 Å². The Hall–Kier alpha value is -1.97. The number of nitrogens with zero attached hydrogens (tertiary/aromatic N) is 1. The number of halogens is 1. The van der Waals surface area contributed by atoms with Crippen LogP contribution >= 0.6 is 23.4 Å². The summed E-state index contributed by atoms with van der Waals surface area (Å²) in [6, 6.07) is 9.11. The topological polar surface area (TPSA) is 79.2 Å². The van der Waals surface area contributed by atoms with Crippen molar-refractivity contribution in [2.24, 2.45) is 5.92 Å². The number of hydrogen-bond donors (Lipinski definition) is 1. The Morgan fingerprint density at radius 3 is 2.78 bits per heavy atom. The van der Waals surface area contributed by atoms with Gasteiger partial charge in [-0.1, -0.05) is 41.6 Å². The minimum Gasteiger partial charge on any atom is -0.468 e. The molecule has 7 heteroatoms. The molecule has 0 saturated carbocycles. The molecule has 1 aromatic carbocycles. The lowest BCUT2D eigenvalue weighted by Crippen LogP contribution is -2.43. The normalized spacial score (nSPS) is 20.7. The fourth-order valence-corrected chi connectivity index (χ4v) is 3.58. The minimum absolute atomic E-state index is 0.199. The van der Waals surface area contributed by atoms with E-state index in [1.54, 1.807) is 24.3 Å². The quantitative estimate of drug-likeness (QED) is 0.667. The predicted octanol–water partition coefficient (Wildman–Crippen LogP) is 2.83. The molecular weight excluding hydrogens is 336 g/mol. The van der Waals surface area contributed by atoms with Gasteiger partial charge in [0, 0.05) is 10.9 Å². The van der Waals surface area contributed by atoms with Crippen LogP contribution in [-0.4, -0.2) is 24.7 Å². The average molecular weight is 351 g/mol. The van der Waals surface area contributed by atoms with Gasteiger partial charge in [0.1, 0.15) is 5.92 Å². The van der Waals surface area contributed by atoms with Gasteiger partial charge in [0.15, 0.2) is 0 Å². The Labute approximate surface area is 143 Å². The Balaban J connectivity index is 2.56. The number of methoxy groups -OCH3 is 1. The highest BCUT2D eigenvalue weighted by molar-refractivity contribution is 8.03. The maximum Gasteiger partial charge on any atom is 0.319 e. The average Bonchev–Trinajstić information content (AvgIpc) is 2.55. The van der Waals surface area contributed by atoms with E-state index in [-0.39, 0.29) is 5.75 Å². The summed E-state index contributed by atoms with van der Waals surface area (Å²) in [7, 11) is 1.25. The van der Waals surface area contributed by atoms with E-state index in [9.17, 15) is 9.59 Å². The first-order chi connectivity index (χ1) is 11.0. The molecule has 1 N–H and O–H groups in total. The van der Waals surface area contributed by atoms with Gasteiger partial charge in [0.05, 0.1) is 24.0 Å². The number of nitriles is 1. The fourth-order valence-electron chi connectivity index (χ4n) is 2.60. The lowest BCUT2D eigenvalue weighted by Gasteiger charge is -2.32. The minimum atomic E-state index is -1.01. The van der Waals surface area contributed by atoms with Crippen LogP contribution in [0.3, 0.4) is 0 Å². The molecule has 0 bridgehead atoms. The van der Waals surface area contributed by atoms with Gasteiger partial charge in [-0.2, -0.15) is 5.26 Å². The molecular formula is C16H15ClN2O3S. The Bertz CT molecular complexity index is 712. The van der Waals surface area contributed by atoms with Crippen LogP contribution in [0.15, 0.2) is 34.9 Å². The van der Waals surface area contributed by atoms with Crippen molar-refractivity contribution in [3.05, 3.63) is 45.5 Å². The van der Waals surface area contributed by atoms with Crippen molar-refractivity contribution in [3.63, 3.8) is 0 Å². The summed E-state index contributed by atoms with van der Waals surface area (Å²) in [6.07, 6.45) is 0. The van der Waals surface area contributed by atoms with Crippen LogP contribution in [0.2, 0.25) is 5.02 Å². The number of amides is 1. The second-order valence-electron chi connectivity index (χ2n) is 4.95. The summed E-state index contributed by atoms with van der Waals surface area (Å²) in [6.45, 7) is 1.82. The maximum atomic E-state index is 12.4. The molecule has 0 saturated heterocycles. The largest absolute Gasteiger partial charge is 0.468 e. The number of ether oxygens (including phenoxy) is 1. The van der Waals surface area contributed by atoms with Crippen molar-refractivity contribution in [1.29, 1.82) is 5.26 Å². The predicted molar refractivity (Wildman–Crippen MR) is 88.6 cm³/mol. The Morgan fingerprint density at radius 1 is 1.48 bits per heavy atom. The summed E-state index contributed by atoms with van der Waals surface area (Å²) < 4.78 is 4.79. The third-order valence-corrected chi connectivity index (χ3v) is 4.98.